The fourth-order valence-corrected chi connectivity index (χ4v) is 4.53. The molecular weight excluding hydrogens is 442 g/mol. The number of halogens is 1. The van der Waals surface area contributed by atoms with Crippen LogP contribution in [0.3, 0.4) is 0 Å². The molecule has 1 fully saturated rings. The summed E-state index contributed by atoms with van der Waals surface area (Å²) in [4.78, 5) is 15.9. The molecule has 6 rings (SSSR count). The van der Waals surface area contributed by atoms with Gasteiger partial charge in [-0.15, -0.1) is 0 Å². The van der Waals surface area contributed by atoms with Gasteiger partial charge in [0.15, 0.2) is 5.65 Å². The maximum Gasteiger partial charge on any atom is 0.164 e. The predicted octanol–water partition coefficient (Wildman–Crippen LogP) is 2.89. The van der Waals surface area contributed by atoms with Crippen LogP contribution in [0.5, 0.6) is 0 Å². The van der Waals surface area contributed by atoms with E-state index in [0.29, 0.717) is 47.3 Å². The van der Waals surface area contributed by atoms with Gasteiger partial charge in [0, 0.05) is 30.2 Å². The van der Waals surface area contributed by atoms with E-state index in [4.69, 9.17) is 32.2 Å². The molecule has 11 heteroatoms. The van der Waals surface area contributed by atoms with Gasteiger partial charge in [0.2, 0.25) is 0 Å². The Kier molecular flexibility index (Phi) is 4.81. The minimum absolute atomic E-state index is 0.370. The third-order valence-corrected chi connectivity index (χ3v) is 6.11. The van der Waals surface area contributed by atoms with Gasteiger partial charge < -0.3 is 15.4 Å². The number of hydrogen-bond acceptors (Lipinski definition) is 8. The Morgan fingerprint density at radius 1 is 1.15 bits per heavy atom. The average Bonchev–Trinajstić information content (AvgIpc) is 3.48. The summed E-state index contributed by atoms with van der Waals surface area (Å²) in [6.07, 6.45) is 4.92. The number of pyridine rings is 1. The molecule has 1 aliphatic heterocycles. The molecule has 1 aromatic carbocycles. The number of nitrogens with zero attached hydrogens (tertiary/aromatic N) is 7. The number of nitrogens with two attached hydrogens (primary N) is 1. The molecule has 1 aliphatic rings. The van der Waals surface area contributed by atoms with Crippen LogP contribution in [-0.2, 0) is 11.3 Å². The quantitative estimate of drug-likeness (QED) is 0.418. The molecule has 0 bridgehead atoms. The number of benzene rings is 1. The molecule has 0 aliphatic carbocycles. The highest BCUT2D eigenvalue weighted by Gasteiger charge is 2.21. The van der Waals surface area contributed by atoms with Crippen LogP contribution in [0.4, 0.5) is 11.6 Å². The number of aromatic nitrogens is 7. The van der Waals surface area contributed by atoms with Crippen molar-refractivity contribution in [3.05, 3.63) is 53.7 Å². The fourth-order valence-electron chi connectivity index (χ4n) is 4.26. The molecule has 0 atom stereocenters. The zero-order chi connectivity index (χ0) is 22.4. The Morgan fingerprint density at radius 3 is 2.85 bits per heavy atom. The normalized spacial score (nSPS) is 14.4. The number of morpholine rings is 1. The minimum atomic E-state index is 0.370. The maximum atomic E-state index is 6.59. The van der Waals surface area contributed by atoms with E-state index in [2.05, 4.69) is 31.1 Å². The van der Waals surface area contributed by atoms with Crippen LogP contribution >= 0.6 is 11.6 Å². The number of fused-ring (bicyclic) bond motifs is 2. The molecule has 0 saturated carbocycles. The third-order valence-electron chi connectivity index (χ3n) is 5.79. The number of ether oxygens (including phenoxy) is 1. The number of rotatable bonds is 4. The third kappa shape index (κ3) is 3.43. The van der Waals surface area contributed by atoms with E-state index in [1.807, 2.05) is 18.2 Å². The summed E-state index contributed by atoms with van der Waals surface area (Å²) in [5, 5.41) is 15.0. The molecule has 166 valence electrons. The number of nitrogen functional groups attached to an aromatic ring is 1. The second kappa shape index (κ2) is 7.98. The molecule has 0 spiro atoms. The lowest BCUT2D eigenvalue weighted by Gasteiger charge is -2.29. The molecule has 10 nitrogen and oxygen atoms in total. The van der Waals surface area contributed by atoms with E-state index in [1.54, 1.807) is 17.1 Å². The molecule has 5 heterocycles. The highest BCUT2D eigenvalue weighted by Crippen LogP contribution is 2.34. The number of nitrogens with one attached hydrogen (secondary N) is 1. The van der Waals surface area contributed by atoms with Gasteiger partial charge in [0.05, 0.1) is 42.1 Å². The van der Waals surface area contributed by atoms with Crippen molar-refractivity contribution >= 4 is 45.0 Å². The number of hydrogen-bond donors (Lipinski definition) is 2. The van der Waals surface area contributed by atoms with Crippen molar-refractivity contribution in [3.8, 4) is 11.3 Å². The second-order valence-corrected chi connectivity index (χ2v) is 8.23. The van der Waals surface area contributed by atoms with Crippen molar-refractivity contribution in [2.45, 2.75) is 6.54 Å². The summed E-state index contributed by atoms with van der Waals surface area (Å²) >= 11 is 6.59. The largest absolute Gasteiger partial charge is 0.383 e. The average molecular weight is 462 g/mol. The van der Waals surface area contributed by atoms with Crippen LogP contribution in [0.2, 0.25) is 5.02 Å². The molecular formula is C22H20ClN9O. The molecule has 4 aromatic heterocycles. The van der Waals surface area contributed by atoms with E-state index in [-0.39, 0.29) is 0 Å². The zero-order valence-corrected chi connectivity index (χ0v) is 18.3. The molecule has 33 heavy (non-hydrogen) atoms. The van der Waals surface area contributed by atoms with Crippen LogP contribution in [0, 0.1) is 0 Å². The van der Waals surface area contributed by atoms with Gasteiger partial charge in [-0.05, 0) is 17.5 Å². The smallest absolute Gasteiger partial charge is 0.164 e. The first-order chi connectivity index (χ1) is 16.2. The van der Waals surface area contributed by atoms with Gasteiger partial charge >= 0.3 is 0 Å². The van der Waals surface area contributed by atoms with Crippen molar-refractivity contribution in [3.63, 3.8) is 0 Å². The molecule has 0 radical (unpaired) electrons. The lowest BCUT2D eigenvalue weighted by Crippen LogP contribution is -2.37. The van der Waals surface area contributed by atoms with Crippen molar-refractivity contribution in [1.29, 1.82) is 0 Å². The van der Waals surface area contributed by atoms with Crippen LogP contribution in [0.25, 0.3) is 33.1 Å². The zero-order valence-electron chi connectivity index (χ0n) is 17.6. The molecule has 0 unspecified atom stereocenters. The standard InChI is InChI=1S/C22H20ClN9O/c23-16-3-1-2-13-8-15(29-22(17(13)16)31-4-6-33-7-5-31)11-32-21-18(20(24)25-12-26-21)19(30-32)14-9-27-28-10-14/h1-3,8-10,12H,4-7,11H2,(H,27,28)(H2,24,25,26). The fraction of sp³-hybridized carbons (Fsp3) is 0.227. The summed E-state index contributed by atoms with van der Waals surface area (Å²) in [5.41, 5.74) is 9.16. The Morgan fingerprint density at radius 2 is 2.03 bits per heavy atom. The highest BCUT2D eigenvalue weighted by atomic mass is 35.5. The first kappa shape index (κ1) is 19.9. The van der Waals surface area contributed by atoms with E-state index in [1.165, 1.54) is 6.33 Å². The second-order valence-electron chi connectivity index (χ2n) is 7.83. The van der Waals surface area contributed by atoms with Crippen molar-refractivity contribution in [1.82, 2.24) is 34.9 Å². The molecule has 0 amide bonds. The Balaban J connectivity index is 1.50. The van der Waals surface area contributed by atoms with E-state index in [0.717, 1.165) is 40.9 Å². The Labute approximate surface area is 193 Å². The number of H-pyrrole nitrogens is 1. The lowest BCUT2D eigenvalue weighted by molar-refractivity contribution is 0.122. The van der Waals surface area contributed by atoms with E-state index >= 15 is 0 Å². The Hall–Kier alpha value is -3.76. The highest BCUT2D eigenvalue weighted by molar-refractivity contribution is 6.36. The van der Waals surface area contributed by atoms with Gasteiger partial charge in [-0.25, -0.2) is 19.6 Å². The summed E-state index contributed by atoms with van der Waals surface area (Å²) in [5.74, 6) is 1.23. The first-order valence-corrected chi connectivity index (χ1v) is 10.9. The van der Waals surface area contributed by atoms with Crippen LogP contribution in [-0.4, -0.2) is 61.2 Å². The van der Waals surface area contributed by atoms with Crippen LogP contribution in [0.15, 0.2) is 43.0 Å². The lowest BCUT2D eigenvalue weighted by atomic mass is 10.1. The monoisotopic (exact) mass is 461 g/mol. The van der Waals surface area contributed by atoms with Gasteiger partial charge in [0.25, 0.3) is 0 Å². The van der Waals surface area contributed by atoms with Crippen molar-refractivity contribution in [2.75, 3.05) is 36.9 Å². The maximum absolute atomic E-state index is 6.59. The number of anilines is 2. The van der Waals surface area contributed by atoms with Crippen LogP contribution < -0.4 is 10.6 Å². The van der Waals surface area contributed by atoms with Crippen molar-refractivity contribution < 1.29 is 4.74 Å². The summed E-state index contributed by atoms with van der Waals surface area (Å²) < 4.78 is 7.34. The minimum Gasteiger partial charge on any atom is -0.383 e. The van der Waals surface area contributed by atoms with E-state index in [9.17, 15) is 0 Å². The predicted molar refractivity (Wildman–Crippen MR) is 126 cm³/mol. The topological polar surface area (TPSA) is 124 Å². The summed E-state index contributed by atoms with van der Waals surface area (Å²) in [6.45, 7) is 3.24. The van der Waals surface area contributed by atoms with Gasteiger partial charge in [0.1, 0.15) is 23.7 Å². The Bertz CT molecular complexity index is 1460. The van der Waals surface area contributed by atoms with E-state index < -0.39 is 0 Å². The van der Waals surface area contributed by atoms with Gasteiger partial charge in [-0.1, -0.05) is 23.7 Å². The summed E-state index contributed by atoms with van der Waals surface area (Å²) in [6, 6.07) is 7.94. The van der Waals surface area contributed by atoms with Gasteiger partial charge in [-0.2, -0.15) is 10.2 Å². The van der Waals surface area contributed by atoms with Crippen molar-refractivity contribution in [2.24, 2.45) is 0 Å². The number of aromatic amines is 1. The summed E-state index contributed by atoms with van der Waals surface area (Å²) in [7, 11) is 0. The SMILES string of the molecule is Nc1ncnc2c1c(-c1cn[nH]c1)nn2Cc1cc2cccc(Cl)c2c(N2CCOCC2)n1. The molecule has 3 N–H and O–H groups in total. The first-order valence-electron chi connectivity index (χ1n) is 10.6. The van der Waals surface area contributed by atoms with Crippen LogP contribution in [0.1, 0.15) is 5.69 Å². The van der Waals surface area contributed by atoms with Gasteiger partial charge in [-0.3, -0.25) is 5.10 Å². The molecule has 5 aromatic rings. The molecule has 1 saturated heterocycles.